The van der Waals surface area contributed by atoms with Crippen LogP contribution in [0.15, 0.2) is 6.07 Å². The Kier molecular flexibility index (Phi) is 3.38. The molecule has 1 atom stereocenters. The fourth-order valence-electron chi connectivity index (χ4n) is 2.93. The predicted molar refractivity (Wildman–Crippen MR) is 76.3 cm³/mol. The molecule has 1 saturated heterocycles. The second kappa shape index (κ2) is 5.06. The van der Waals surface area contributed by atoms with Gasteiger partial charge in [0.05, 0.1) is 17.1 Å². The number of anilines is 1. The van der Waals surface area contributed by atoms with Crippen LogP contribution in [0.3, 0.4) is 0 Å². The summed E-state index contributed by atoms with van der Waals surface area (Å²) >= 11 is 0. The highest BCUT2D eigenvalue weighted by molar-refractivity contribution is 7.91. The lowest BCUT2D eigenvalue weighted by Gasteiger charge is -2.19. The number of hydrogen-bond acceptors (Lipinski definition) is 5. The molecule has 2 heterocycles. The predicted octanol–water partition coefficient (Wildman–Crippen LogP) is 1.43. The van der Waals surface area contributed by atoms with E-state index in [1.807, 2.05) is 6.07 Å². The van der Waals surface area contributed by atoms with Crippen LogP contribution in [-0.2, 0) is 22.7 Å². The summed E-state index contributed by atoms with van der Waals surface area (Å²) in [6.45, 7) is 0. The molecule has 1 aromatic rings. The fourth-order valence-corrected chi connectivity index (χ4v) is 4.60. The number of fused-ring (bicyclic) bond motifs is 1. The van der Waals surface area contributed by atoms with Gasteiger partial charge in [-0.15, -0.1) is 0 Å². The first kappa shape index (κ1) is 13.4. The van der Waals surface area contributed by atoms with Crippen LogP contribution in [-0.4, -0.2) is 30.9 Å². The number of sulfone groups is 1. The molecule has 1 aliphatic heterocycles. The van der Waals surface area contributed by atoms with Crippen molar-refractivity contribution in [3.63, 3.8) is 0 Å². The van der Waals surface area contributed by atoms with Crippen molar-refractivity contribution < 1.29 is 8.42 Å². The minimum atomic E-state index is -2.93. The molecule has 0 bridgehead atoms. The van der Waals surface area contributed by atoms with Gasteiger partial charge in [0.15, 0.2) is 9.84 Å². The monoisotopic (exact) mass is 291 g/mol. The summed E-state index contributed by atoms with van der Waals surface area (Å²) < 4.78 is 23.0. The molecule has 1 fully saturated rings. The average molecular weight is 291 g/mol. The summed E-state index contributed by atoms with van der Waals surface area (Å²) in [7, 11) is -2.93. The van der Waals surface area contributed by atoms with E-state index in [0.29, 0.717) is 17.8 Å². The van der Waals surface area contributed by atoms with Crippen molar-refractivity contribution in [2.45, 2.75) is 38.1 Å². The number of pyridine rings is 1. The van der Waals surface area contributed by atoms with Crippen LogP contribution in [0.4, 0.5) is 5.82 Å². The summed E-state index contributed by atoms with van der Waals surface area (Å²) in [5, 5.41) is 12.4. The molecule has 106 valence electrons. The fraction of sp³-hybridized carbons (Fsp3) is 0.571. The van der Waals surface area contributed by atoms with Gasteiger partial charge in [0.25, 0.3) is 0 Å². The molecule has 0 saturated carbocycles. The lowest BCUT2D eigenvalue weighted by atomic mass is 9.95. The van der Waals surface area contributed by atoms with Crippen LogP contribution in [0.25, 0.3) is 0 Å². The van der Waals surface area contributed by atoms with E-state index in [9.17, 15) is 13.7 Å². The maximum absolute atomic E-state index is 11.5. The molecule has 1 N–H and O–H groups in total. The Labute approximate surface area is 118 Å². The standard InChI is InChI=1S/C14H17N3O2S/c15-8-11-7-10-3-1-2-4-13(10)17-14(11)16-12-5-6-20(18,19)9-12/h7,12H,1-6,9H2,(H,16,17). The maximum atomic E-state index is 11.5. The summed E-state index contributed by atoms with van der Waals surface area (Å²) in [5.74, 6) is 0.906. The van der Waals surface area contributed by atoms with Crippen LogP contribution < -0.4 is 5.32 Å². The van der Waals surface area contributed by atoms with Crippen molar-refractivity contribution in [3.8, 4) is 6.07 Å². The van der Waals surface area contributed by atoms with Crippen LogP contribution in [0.2, 0.25) is 0 Å². The van der Waals surface area contributed by atoms with Gasteiger partial charge >= 0.3 is 0 Å². The minimum Gasteiger partial charge on any atom is -0.365 e. The van der Waals surface area contributed by atoms with Crippen molar-refractivity contribution in [1.29, 1.82) is 5.26 Å². The van der Waals surface area contributed by atoms with E-state index in [1.54, 1.807) is 0 Å². The van der Waals surface area contributed by atoms with Gasteiger partial charge in [-0.1, -0.05) is 0 Å². The summed E-state index contributed by atoms with van der Waals surface area (Å²) in [6, 6.07) is 3.95. The maximum Gasteiger partial charge on any atom is 0.152 e. The number of aryl methyl sites for hydroxylation is 2. The molecular formula is C14H17N3O2S. The van der Waals surface area contributed by atoms with Crippen molar-refractivity contribution in [2.24, 2.45) is 0 Å². The normalized spacial score (nSPS) is 23.9. The molecular weight excluding hydrogens is 274 g/mol. The van der Waals surface area contributed by atoms with E-state index in [1.165, 1.54) is 0 Å². The van der Waals surface area contributed by atoms with Gasteiger partial charge in [-0.2, -0.15) is 5.26 Å². The highest BCUT2D eigenvalue weighted by Gasteiger charge is 2.28. The first-order valence-corrected chi connectivity index (χ1v) is 8.79. The molecule has 1 aliphatic carbocycles. The third-order valence-corrected chi connectivity index (χ3v) is 5.76. The lowest BCUT2D eigenvalue weighted by Crippen LogP contribution is -2.22. The van der Waals surface area contributed by atoms with Crippen molar-refractivity contribution >= 4 is 15.7 Å². The summed E-state index contributed by atoms with van der Waals surface area (Å²) in [5.41, 5.74) is 2.74. The van der Waals surface area contributed by atoms with E-state index in [-0.39, 0.29) is 17.5 Å². The number of nitrogens with one attached hydrogen (secondary N) is 1. The number of nitrogens with zero attached hydrogens (tertiary/aromatic N) is 2. The Morgan fingerprint density at radius 1 is 1.35 bits per heavy atom. The number of aromatic nitrogens is 1. The zero-order chi connectivity index (χ0) is 14.2. The molecule has 6 heteroatoms. The molecule has 2 aliphatic rings. The molecule has 0 spiro atoms. The number of nitriles is 1. The largest absolute Gasteiger partial charge is 0.365 e. The van der Waals surface area contributed by atoms with Crippen molar-refractivity contribution in [3.05, 3.63) is 22.9 Å². The molecule has 0 radical (unpaired) electrons. The first-order chi connectivity index (χ1) is 9.57. The second-order valence-electron chi connectivity index (χ2n) is 5.55. The van der Waals surface area contributed by atoms with Gasteiger partial charge in [-0.05, 0) is 43.7 Å². The van der Waals surface area contributed by atoms with Gasteiger partial charge in [0.2, 0.25) is 0 Å². The second-order valence-corrected chi connectivity index (χ2v) is 7.78. The summed E-state index contributed by atoms with van der Waals surface area (Å²) in [6.07, 6.45) is 4.79. The number of rotatable bonds is 2. The lowest BCUT2D eigenvalue weighted by molar-refractivity contribution is 0.602. The quantitative estimate of drug-likeness (QED) is 0.891. The van der Waals surface area contributed by atoms with Crippen molar-refractivity contribution in [2.75, 3.05) is 16.8 Å². The first-order valence-electron chi connectivity index (χ1n) is 6.97. The van der Waals surface area contributed by atoms with Gasteiger partial charge in [0, 0.05) is 11.7 Å². The Morgan fingerprint density at radius 2 is 2.15 bits per heavy atom. The van der Waals surface area contributed by atoms with Gasteiger partial charge in [-0.3, -0.25) is 0 Å². The van der Waals surface area contributed by atoms with Crippen molar-refractivity contribution in [1.82, 2.24) is 4.98 Å². The zero-order valence-corrected chi connectivity index (χ0v) is 12.0. The van der Waals surface area contributed by atoms with Gasteiger partial charge in [-0.25, -0.2) is 13.4 Å². The third-order valence-electron chi connectivity index (χ3n) is 3.99. The van der Waals surface area contributed by atoms with Gasteiger partial charge < -0.3 is 5.32 Å². The highest BCUT2D eigenvalue weighted by atomic mass is 32.2. The molecule has 0 aromatic carbocycles. The minimum absolute atomic E-state index is 0.124. The van der Waals surface area contributed by atoms with Crippen LogP contribution >= 0.6 is 0 Å². The zero-order valence-electron chi connectivity index (χ0n) is 11.2. The van der Waals surface area contributed by atoms with Crippen LogP contribution in [0, 0.1) is 11.3 Å². The third kappa shape index (κ3) is 2.63. The molecule has 1 aromatic heterocycles. The molecule has 20 heavy (non-hydrogen) atoms. The van der Waals surface area contributed by atoms with Crippen LogP contribution in [0.5, 0.6) is 0 Å². The molecule has 1 unspecified atom stereocenters. The molecule has 5 nitrogen and oxygen atoms in total. The smallest absolute Gasteiger partial charge is 0.152 e. The molecule has 0 amide bonds. The summed E-state index contributed by atoms with van der Waals surface area (Å²) in [4.78, 5) is 4.57. The average Bonchev–Trinajstić information content (AvgIpc) is 2.77. The Morgan fingerprint density at radius 3 is 2.85 bits per heavy atom. The Bertz CT molecular complexity index is 676. The SMILES string of the molecule is N#Cc1cc2c(nc1NC1CCS(=O)(=O)C1)CCCC2. The van der Waals surface area contributed by atoms with E-state index in [2.05, 4.69) is 16.4 Å². The topological polar surface area (TPSA) is 82.8 Å². The van der Waals surface area contributed by atoms with E-state index < -0.39 is 9.84 Å². The highest BCUT2D eigenvalue weighted by Crippen LogP contribution is 2.26. The van der Waals surface area contributed by atoms with Crippen LogP contribution in [0.1, 0.15) is 36.1 Å². The number of hydrogen-bond donors (Lipinski definition) is 1. The van der Waals surface area contributed by atoms with E-state index in [4.69, 9.17) is 0 Å². The van der Waals surface area contributed by atoms with Gasteiger partial charge in [0.1, 0.15) is 11.9 Å². The Hall–Kier alpha value is -1.61. The molecule has 3 rings (SSSR count). The Balaban J connectivity index is 1.87. The van der Waals surface area contributed by atoms with E-state index >= 15 is 0 Å². The van der Waals surface area contributed by atoms with E-state index in [0.717, 1.165) is 36.9 Å².